The van der Waals surface area contributed by atoms with Crippen LogP contribution in [0.25, 0.3) is 53.6 Å². The molecule has 0 N–H and O–H groups in total. The number of anilines is 3. The minimum Gasteiger partial charge on any atom is -0.310 e. The predicted octanol–water partition coefficient (Wildman–Crippen LogP) is 15.4. The van der Waals surface area contributed by atoms with E-state index in [0.717, 1.165) is 29.9 Å². The summed E-state index contributed by atoms with van der Waals surface area (Å²) in [6, 6.07) is 71.5. The van der Waals surface area contributed by atoms with Crippen LogP contribution < -0.4 is 4.90 Å². The molecule has 0 saturated heterocycles. The van der Waals surface area contributed by atoms with Crippen LogP contribution in [0.5, 0.6) is 0 Å². The monoisotopic (exact) mass is 745 g/mol. The number of nitrogens with zero attached hydrogens (tertiary/aromatic N) is 1. The lowest BCUT2D eigenvalue weighted by Crippen LogP contribution is -2.29. The van der Waals surface area contributed by atoms with Gasteiger partial charge in [0.25, 0.3) is 0 Å². The van der Waals surface area contributed by atoms with Crippen LogP contribution >= 0.6 is 11.3 Å². The summed E-state index contributed by atoms with van der Waals surface area (Å²) in [5.74, 6) is 0. The van der Waals surface area contributed by atoms with Crippen molar-refractivity contribution in [3.8, 4) is 33.4 Å². The van der Waals surface area contributed by atoms with Crippen LogP contribution in [0.1, 0.15) is 29.5 Å². The van der Waals surface area contributed by atoms with Gasteiger partial charge in [-0.15, -0.1) is 11.3 Å². The van der Waals surface area contributed by atoms with E-state index in [2.05, 4.69) is 217 Å². The van der Waals surface area contributed by atoms with Crippen LogP contribution in [-0.4, -0.2) is 0 Å². The fourth-order valence-corrected chi connectivity index (χ4v) is 10.7. The third-order valence-corrected chi connectivity index (χ3v) is 13.2. The second kappa shape index (κ2) is 13.8. The topological polar surface area (TPSA) is 3.24 Å². The molecule has 8 aromatic carbocycles. The van der Waals surface area contributed by atoms with Gasteiger partial charge in [0.15, 0.2) is 0 Å². The Labute approximate surface area is 338 Å². The van der Waals surface area contributed by atoms with Gasteiger partial charge in [-0.25, -0.2) is 0 Å². The number of rotatable bonds is 7. The summed E-state index contributed by atoms with van der Waals surface area (Å²) in [6.45, 7) is 0. The Morgan fingerprint density at radius 3 is 1.53 bits per heavy atom. The van der Waals surface area contributed by atoms with E-state index in [0.29, 0.717) is 0 Å². The highest BCUT2D eigenvalue weighted by Crippen LogP contribution is 2.59. The Balaban J connectivity index is 1.10. The van der Waals surface area contributed by atoms with Crippen LogP contribution in [0.4, 0.5) is 17.1 Å². The number of allylic oxidation sites excluding steroid dienone is 4. The lowest BCUT2D eigenvalue weighted by molar-refractivity contribution is 0.760. The highest BCUT2D eigenvalue weighted by Gasteiger charge is 2.47. The van der Waals surface area contributed by atoms with E-state index in [4.69, 9.17) is 0 Å². The molecule has 0 bridgehead atoms. The SMILES string of the molecule is C1=CC(C2(c3cccc4c3sc3ccc(N(c5ccc(-c6ccccc6)cc5)c5ccc(-c6ccccc6)cc5)cc34)c3ccccc3-c3ccccc32)=CCC1. The Morgan fingerprint density at radius 2 is 0.947 bits per heavy atom. The molecule has 11 rings (SSSR count). The van der Waals surface area contributed by atoms with Crippen molar-refractivity contribution in [3.63, 3.8) is 0 Å². The normalized spacial score (nSPS) is 14.0. The average molecular weight is 746 g/mol. The smallest absolute Gasteiger partial charge is 0.0724 e. The number of thiophene rings is 1. The highest BCUT2D eigenvalue weighted by atomic mass is 32.1. The summed E-state index contributed by atoms with van der Waals surface area (Å²) in [6.07, 6.45) is 9.40. The molecule has 1 nitrogen and oxygen atoms in total. The maximum atomic E-state index is 2.49. The molecule has 2 heteroatoms. The van der Waals surface area contributed by atoms with E-state index < -0.39 is 5.41 Å². The molecule has 0 radical (unpaired) electrons. The van der Waals surface area contributed by atoms with Crippen LogP contribution in [-0.2, 0) is 5.41 Å². The Hall–Kier alpha value is -6.74. The maximum absolute atomic E-state index is 2.49. The minimum absolute atomic E-state index is 0.402. The number of fused-ring (bicyclic) bond motifs is 6. The third kappa shape index (κ3) is 5.44. The number of benzene rings is 8. The van der Waals surface area contributed by atoms with Crippen molar-refractivity contribution in [1.82, 2.24) is 0 Å². The van der Waals surface area contributed by atoms with Gasteiger partial charge in [-0.3, -0.25) is 0 Å². The summed E-state index contributed by atoms with van der Waals surface area (Å²) < 4.78 is 2.64. The van der Waals surface area contributed by atoms with Crippen LogP contribution in [0, 0.1) is 0 Å². The zero-order chi connectivity index (χ0) is 37.8. The third-order valence-electron chi connectivity index (χ3n) is 12.0. The van der Waals surface area contributed by atoms with Gasteiger partial charge in [0.1, 0.15) is 0 Å². The first kappa shape index (κ1) is 33.6. The van der Waals surface area contributed by atoms with Gasteiger partial charge < -0.3 is 4.90 Å². The average Bonchev–Trinajstić information content (AvgIpc) is 3.82. The van der Waals surface area contributed by atoms with Gasteiger partial charge in [0.05, 0.1) is 5.41 Å². The molecule has 0 fully saturated rings. The van der Waals surface area contributed by atoms with Crippen molar-refractivity contribution >= 4 is 48.6 Å². The largest absolute Gasteiger partial charge is 0.310 e. The first-order valence-corrected chi connectivity index (χ1v) is 20.7. The van der Waals surface area contributed by atoms with Crippen molar-refractivity contribution < 1.29 is 0 Å². The number of hydrogen-bond donors (Lipinski definition) is 0. The summed E-state index contributed by atoms with van der Waals surface area (Å²) >= 11 is 1.93. The van der Waals surface area contributed by atoms with Crippen LogP contribution in [0.15, 0.2) is 218 Å². The van der Waals surface area contributed by atoms with Crippen LogP contribution in [0.2, 0.25) is 0 Å². The van der Waals surface area contributed by atoms with Gasteiger partial charge in [-0.05, 0) is 111 Å². The van der Waals surface area contributed by atoms with Crippen molar-refractivity contribution in [1.29, 1.82) is 0 Å². The quantitative estimate of drug-likeness (QED) is 0.157. The van der Waals surface area contributed by atoms with E-state index in [9.17, 15) is 0 Å². The number of hydrogen-bond acceptors (Lipinski definition) is 2. The van der Waals surface area contributed by atoms with E-state index in [1.54, 1.807) is 0 Å². The van der Waals surface area contributed by atoms with Gasteiger partial charge in [-0.1, -0.05) is 170 Å². The van der Waals surface area contributed by atoms with Crippen molar-refractivity contribution in [3.05, 3.63) is 235 Å². The molecule has 0 aliphatic heterocycles. The van der Waals surface area contributed by atoms with Crippen LogP contribution in [0.3, 0.4) is 0 Å². The molecule has 0 spiro atoms. The molecule has 0 amide bonds. The molecule has 2 aliphatic rings. The zero-order valence-electron chi connectivity index (χ0n) is 31.5. The Bertz CT molecular complexity index is 2860. The van der Waals surface area contributed by atoms with E-state index in [1.165, 1.54) is 75.8 Å². The maximum Gasteiger partial charge on any atom is 0.0724 e. The zero-order valence-corrected chi connectivity index (χ0v) is 32.3. The van der Waals surface area contributed by atoms with E-state index in [1.807, 2.05) is 11.3 Å². The molecule has 0 saturated carbocycles. The lowest BCUT2D eigenvalue weighted by atomic mass is 9.66. The van der Waals surface area contributed by atoms with Gasteiger partial charge in [0.2, 0.25) is 0 Å². The van der Waals surface area contributed by atoms with Crippen molar-refractivity contribution in [2.45, 2.75) is 18.3 Å². The Kier molecular flexibility index (Phi) is 8.12. The molecular formula is C55H39NS. The molecular weight excluding hydrogens is 707 g/mol. The van der Waals surface area contributed by atoms with Gasteiger partial charge in [-0.2, -0.15) is 0 Å². The minimum atomic E-state index is -0.402. The highest BCUT2D eigenvalue weighted by molar-refractivity contribution is 7.26. The first-order chi connectivity index (χ1) is 28.3. The predicted molar refractivity (Wildman–Crippen MR) is 243 cm³/mol. The molecule has 9 aromatic rings. The fourth-order valence-electron chi connectivity index (χ4n) is 9.42. The van der Waals surface area contributed by atoms with Gasteiger partial charge >= 0.3 is 0 Å². The summed E-state index contributed by atoms with van der Waals surface area (Å²) in [4.78, 5) is 2.40. The molecule has 0 unspecified atom stereocenters. The fraction of sp³-hybridized carbons (Fsp3) is 0.0545. The molecule has 270 valence electrons. The van der Waals surface area contributed by atoms with E-state index in [-0.39, 0.29) is 0 Å². The summed E-state index contributed by atoms with van der Waals surface area (Å²) in [5.41, 5.74) is 16.0. The molecule has 0 atom stereocenters. The van der Waals surface area contributed by atoms with Crippen molar-refractivity contribution in [2.24, 2.45) is 0 Å². The summed E-state index contributed by atoms with van der Waals surface area (Å²) in [5, 5.41) is 2.58. The molecule has 1 aromatic heterocycles. The van der Waals surface area contributed by atoms with Crippen molar-refractivity contribution in [2.75, 3.05) is 4.90 Å². The standard InChI is InChI=1S/C55H39NS/c1-4-15-38(16-5-1)40-27-31-43(32-28-40)56(44-33-29-41(30-34-44)39-17-6-2-7-18-39)45-35-36-53-49(37-45)48-23-14-26-52(54(48)57-53)55(42-19-8-3-9-20-42)50-24-12-10-21-46(50)47-22-11-13-25-51(47)55/h1-2,4-8,10-37H,3,9H2. The first-order valence-electron chi connectivity index (χ1n) is 19.9. The second-order valence-electron chi connectivity index (χ2n) is 15.1. The summed E-state index contributed by atoms with van der Waals surface area (Å²) in [7, 11) is 0. The molecule has 1 heterocycles. The van der Waals surface area contributed by atoms with E-state index >= 15 is 0 Å². The molecule has 2 aliphatic carbocycles. The van der Waals surface area contributed by atoms with Gasteiger partial charge in [0, 0.05) is 37.2 Å². The molecule has 57 heavy (non-hydrogen) atoms. The lowest BCUT2D eigenvalue weighted by Gasteiger charge is -2.36. The Morgan fingerprint density at radius 1 is 0.421 bits per heavy atom. The second-order valence-corrected chi connectivity index (χ2v) is 16.2.